The molecule has 0 aromatic carbocycles. The smallest absolute Gasteiger partial charge is 0.240 e. The van der Waals surface area contributed by atoms with Gasteiger partial charge in [-0.05, 0) is 12.8 Å². The molecule has 1 atom stereocenters. The fraction of sp³-hybridized carbons (Fsp3) is 0.692. The second-order valence-electron chi connectivity index (χ2n) is 5.20. The molecule has 1 unspecified atom stereocenters. The molecule has 1 fully saturated rings. The minimum absolute atomic E-state index is 0.00519. The lowest BCUT2D eigenvalue weighted by molar-refractivity contribution is -0.127. The average Bonchev–Trinajstić information content (AvgIpc) is 2.90. The Kier molecular flexibility index (Phi) is 4.35. The topological polar surface area (TPSA) is 68.0 Å². The van der Waals surface area contributed by atoms with Crippen LogP contribution in [0.2, 0.25) is 0 Å². The molecule has 100 valence electrons. The lowest BCUT2D eigenvalue weighted by Crippen LogP contribution is -2.55. The average molecular weight is 267 g/mol. The molecule has 0 spiro atoms. The maximum Gasteiger partial charge on any atom is 0.240 e. The van der Waals surface area contributed by atoms with Crippen LogP contribution in [0.25, 0.3) is 0 Å². The Morgan fingerprint density at radius 3 is 2.89 bits per heavy atom. The van der Waals surface area contributed by atoms with E-state index in [1.807, 2.05) is 5.38 Å². The van der Waals surface area contributed by atoms with Gasteiger partial charge in [0.15, 0.2) is 0 Å². The third-order valence-electron chi connectivity index (χ3n) is 3.64. The largest absolute Gasteiger partial charge is 0.354 e. The van der Waals surface area contributed by atoms with Gasteiger partial charge in [-0.2, -0.15) is 0 Å². The Morgan fingerprint density at radius 1 is 1.56 bits per heavy atom. The predicted octanol–water partition coefficient (Wildman–Crippen LogP) is 2.02. The van der Waals surface area contributed by atoms with Gasteiger partial charge in [0.1, 0.15) is 0 Å². The number of amides is 1. The maximum absolute atomic E-state index is 12.1. The van der Waals surface area contributed by atoms with Gasteiger partial charge in [-0.1, -0.05) is 26.2 Å². The van der Waals surface area contributed by atoms with E-state index in [-0.39, 0.29) is 11.8 Å². The zero-order valence-corrected chi connectivity index (χ0v) is 11.6. The molecule has 0 saturated heterocycles. The summed E-state index contributed by atoms with van der Waals surface area (Å²) < 4.78 is 0. The van der Waals surface area contributed by atoms with Crippen molar-refractivity contribution in [3.05, 3.63) is 16.6 Å². The molecule has 4 nitrogen and oxygen atoms in total. The summed E-state index contributed by atoms with van der Waals surface area (Å²) in [5, 5.41) is 6.00. The predicted molar refractivity (Wildman–Crippen MR) is 73.5 cm³/mol. The Hall–Kier alpha value is -0.940. The Balaban J connectivity index is 1.84. The number of carbonyl (C=O) groups excluding carboxylic acids is 1. The molecule has 5 heteroatoms. The highest BCUT2D eigenvalue weighted by molar-refractivity contribution is 7.09. The van der Waals surface area contributed by atoms with Crippen molar-refractivity contribution in [3.8, 4) is 0 Å². The summed E-state index contributed by atoms with van der Waals surface area (Å²) in [7, 11) is 0. The zero-order valence-electron chi connectivity index (χ0n) is 10.8. The van der Waals surface area contributed by atoms with Gasteiger partial charge in [0.05, 0.1) is 10.5 Å². The lowest BCUT2D eigenvalue weighted by Gasteiger charge is -2.32. The molecule has 0 radical (unpaired) electrons. The normalized spacial score (nSPS) is 20.3. The Bertz CT molecular complexity index is 385. The second-order valence-corrected chi connectivity index (χ2v) is 6.12. The first-order chi connectivity index (χ1) is 8.62. The molecule has 1 heterocycles. The van der Waals surface area contributed by atoms with E-state index in [9.17, 15) is 4.79 Å². The zero-order chi connectivity index (χ0) is 13.0. The third-order valence-corrected chi connectivity index (χ3v) is 4.65. The van der Waals surface area contributed by atoms with E-state index in [2.05, 4.69) is 17.2 Å². The van der Waals surface area contributed by atoms with E-state index >= 15 is 0 Å². The molecule has 1 aromatic rings. The van der Waals surface area contributed by atoms with Gasteiger partial charge < -0.3 is 11.1 Å². The maximum atomic E-state index is 12.1. The fourth-order valence-corrected chi connectivity index (χ4v) is 3.10. The third kappa shape index (κ3) is 3.09. The minimum Gasteiger partial charge on any atom is -0.354 e. The SMILES string of the molecule is CC(CNC(=O)C1(N)CCCCC1)c1nccs1. The number of hydrogen-bond donors (Lipinski definition) is 2. The molecule has 18 heavy (non-hydrogen) atoms. The number of aromatic nitrogens is 1. The van der Waals surface area contributed by atoms with Crippen LogP contribution >= 0.6 is 11.3 Å². The quantitative estimate of drug-likeness (QED) is 0.877. The first kappa shape index (κ1) is 13.5. The summed E-state index contributed by atoms with van der Waals surface area (Å²) in [5.41, 5.74) is 5.54. The van der Waals surface area contributed by atoms with E-state index in [1.165, 1.54) is 6.42 Å². The summed E-state index contributed by atoms with van der Waals surface area (Å²) in [6.07, 6.45) is 6.73. The van der Waals surface area contributed by atoms with Crippen LogP contribution in [0, 0.1) is 0 Å². The molecule has 3 N–H and O–H groups in total. The van der Waals surface area contributed by atoms with Crippen molar-refractivity contribution >= 4 is 17.2 Å². The molecule has 1 aromatic heterocycles. The van der Waals surface area contributed by atoms with E-state index in [4.69, 9.17) is 5.73 Å². The fourth-order valence-electron chi connectivity index (χ4n) is 2.40. The Morgan fingerprint density at radius 2 is 2.28 bits per heavy atom. The molecule has 2 rings (SSSR count). The van der Waals surface area contributed by atoms with E-state index < -0.39 is 5.54 Å². The standard InChI is InChI=1S/C13H21N3OS/c1-10(11-15-7-8-18-11)9-16-12(17)13(14)5-3-2-4-6-13/h7-8,10H,2-6,9,14H2,1H3,(H,16,17). The number of carbonyl (C=O) groups is 1. The van der Waals surface area contributed by atoms with Gasteiger partial charge in [-0.25, -0.2) is 4.98 Å². The van der Waals surface area contributed by atoms with Crippen LogP contribution in [0.15, 0.2) is 11.6 Å². The van der Waals surface area contributed by atoms with Gasteiger partial charge >= 0.3 is 0 Å². The highest BCUT2D eigenvalue weighted by Crippen LogP contribution is 2.26. The second kappa shape index (κ2) is 5.80. The van der Waals surface area contributed by atoms with E-state index in [0.717, 1.165) is 30.7 Å². The van der Waals surface area contributed by atoms with Gasteiger partial charge in [0, 0.05) is 24.0 Å². The van der Waals surface area contributed by atoms with E-state index in [1.54, 1.807) is 17.5 Å². The van der Waals surface area contributed by atoms with Gasteiger partial charge in [0.2, 0.25) is 5.91 Å². The molecular formula is C13H21N3OS. The number of nitrogens with zero attached hydrogens (tertiary/aromatic N) is 1. The molecule has 0 aliphatic heterocycles. The Labute approximate surface area is 112 Å². The molecule has 0 bridgehead atoms. The van der Waals surface area contributed by atoms with Crippen LogP contribution in [0.3, 0.4) is 0 Å². The number of nitrogens with one attached hydrogen (secondary N) is 1. The number of hydrogen-bond acceptors (Lipinski definition) is 4. The molecule has 1 saturated carbocycles. The first-order valence-corrected chi connectivity index (χ1v) is 7.46. The highest BCUT2D eigenvalue weighted by Gasteiger charge is 2.35. The summed E-state index contributed by atoms with van der Waals surface area (Å²) in [6.45, 7) is 2.69. The van der Waals surface area contributed by atoms with E-state index in [0.29, 0.717) is 6.54 Å². The molecule has 1 aliphatic carbocycles. The number of nitrogens with two attached hydrogens (primary N) is 1. The summed E-state index contributed by atoms with van der Waals surface area (Å²) in [6, 6.07) is 0. The van der Waals surface area contributed by atoms with Crippen LogP contribution in [0.4, 0.5) is 0 Å². The number of rotatable bonds is 4. The first-order valence-electron chi connectivity index (χ1n) is 6.58. The van der Waals surface area contributed by atoms with Gasteiger partial charge in [0.25, 0.3) is 0 Å². The number of thiazole rings is 1. The molecule has 1 amide bonds. The highest BCUT2D eigenvalue weighted by atomic mass is 32.1. The van der Waals surface area contributed by atoms with Crippen LogP contribution in [-0.2, 0) is 4.79 Å². The van der Waals surface area contributed by atoms with Crippen molar-refractivity contribution in [3.63, 3.8) is 0 Å². The summed E-state index contributed by atoms with van der Waals surface area (Å²) >= 11 is 1.62. The van der Waals surface area contributed by atoms with Crippen LogP contribution < -0.4 is 11.1 Å². The van der Waals surface area contributed by atoms with Crippen molar-refractivity contribution in [2.45, 2.75) is 50.5 Å². The van der Waals surface area contributed by atoms with Crippen LogP contribution in [-0.4, -0.2) is 23.0 Å². The molecular weight excluding hydrogens is 246 g/mol. The van der Waals surface area contributed by atoms with Crippen molar-refractivity contribution in [1.82, 2.24) is 10.3 Å². The van der Waals surface area contributed by atoms with Crippen LogP contribution in [0.1, 0.15) is 50.0 Å². The van der Waals surface area contributed by atoms with Crippen molar-refractivity contribution in [2.24, 2.45) is 5.73 Å². The van der Waals surface area contributed by atoms with Gasteiger partial charge in [-0.15, -0.1) is 11.3 Å². The molecule has 1 aliphatic rings. The lowest BCUT2D eigenvalue weighted by atomic mass is 9.82. The van der Waals surface area contributed by atoms with Crippen molar-refractivity contribution in [1.29, 1.82) is 0 Å². The van der Waals surface area contributed by atoms with Crippen LogP contribution in [0.5, 0.6) is 0 Å². The summed E-state index contributed by atoms with van der Waals surface area (Å²) in [5.74, 6) is 0.256. The van der Waals surface area contributed by atoms with Crippen molar-refractivity contribution in [2.75, 3.05) is 6.54 Å². The summed E-state index contributed by atoms with van der Waals surface area (Å²) in [4.78, 5) is 16.4. The monoisotopic (exact) mass is 267 g/mol. The van der Waals surface area contributed by atoms with Crippen molar-refractivity contribution < 1.29 is 4.79 Å². The van der Waals surface area contributed by atoms with Gasteiger partial charge in [-0.3, -0.25) is 4.79 Å². The minimum atomic E-state index is -0.638.